The molecule has 3 aliphatic heterocycles. The Bertz CT molecular complexity index is 1090. The number of methoxy groups -OCH3 is 1. The van der Waals surface area contributed by atoms with Crippen LogP contribution in [0.5, 0.6) is 11.5 Å². The van der Waals surface area contributed by atoms with Crippen LogP contribution in [0, 0.1) is 0 Å². The molecule has 3 amide bonds. The number of urea groups is 1. The van der Waals surface area contributed by atoms with E-state index in [1.54, 1.807) is 29.2 Å². The molecular weight excluding hydrogens is 426 g/mol. The number of imide groups is 1. The summed E-state index contributed by atoms with van der Waals surface area (Å²) in [5.74, 6) is 0.647. The number of carbonyl (C=O) groups is 3. The molecule has 2 aromatic rings. The number of nitrogens with one attached hydrogen (secondary N) is 1. The van der Waals surface area contributed by atoms with Crippen LogP contribution in [0.2, 0.25) is 0 Å². The number of carbonyl (C=O) groups excluding carboxylic acids is 3. The summed E-state index contributed by atoms with van der Waals surface area (Å²) in [6.45, 7) is 1.39. The second-order valence-corrected chi connectivity index (χ2v) is 8.35. The van der Waals surface area contributed by atoms with Crippen molar-refractivity contribution in [2.45, 2.75) is 38.0 Å². The second kappa shape index (κ2) is 8.74. The minimum atomic E-state index is -0.445. The Morgan fingerprint density at radius 2 is 1.82 bits per heavy atom. The Hall–Kier alpha value is -3.59. The van der Waals surface area contributed by atoms with Gasteiger partial charge in [-0.2, -0.15) is 0 Å². The average molecular weight is 451 g/mol. The maximum absolute atomic E-state index is 13.5. The first-order chi connectivity index (χ1) is 16.0. The fraction of sp³-hybridized carbons (Fsp3) is 0.375. The Kier molecular flexibility index (Phi) is 5.63. The Morgan fingerprint density at radius 1 is 1.06 bits per heavy atom. The molecule has 2 atom stereocenters. The number of esters is 1. The molecule has 2 saturated heterocycles. The van der Waals surface area contributed by atoms with E-state index < -0.39 is 12.0 Å². The average Bonchev–Trinajstić information content (AvgIpc) is 3.32. The van der Waals surface area contributed by atoms with Crippen LogP contribution in [0.1, 0.15) is 34.3 Å². The van der Waals surface area contributed by atoms with Gasteiger partial charge in [0, 0.05) is 6.54 Å². The number of nitrogens with zero attached hydrogens (tertiary/aromatic N) is 2. The van der Waals surface area contributed by atoms with E-state index in [0.29, 0.717) is 23.6 Å². The van der Waals surface area contributed by atoms with E-state index in [1.165, 1.54) is 12.0 Å². The third kappa shape index (κ3) is 4.00. The van der Waals surface area contributed by atoms with Crippen molar-refractivity contribution < 1.29 is 28.6 Å². The predicted molar refractivity (Wildman–Crippen MR) is 117 cm³/mol. The van der Waals surface area contributed by atoms with Gasteiger partial charge in [0.1, 0.15) is 6.04 Å². The molecular formula is C24H25N3O6. The zero-order valence-electron chi connectivity index (χ0n) is 18.3. The molecule has 3 aliphatic rings. The van der Waals surface area contributed by atoms with Gasteiger partial charge in [-0.05, 0) is 54.8 Å². The minimum Gasteiger partial charge on any atom is -0.465 e. The lowest BCUT2D eigenvalue weighted by atomic mass is 9.92. The molecule has 0 radical (unpaired) electrons. The standard InChI is InChI=1S/C24H25N3O6/c1-31-23(29)17-7-4-15(5-8-17)12-26-18-3-2-10-25-21(18)22(28)27(24(26)30)13-16-6-9-19-20(11-16)33-14-32-19/h4-9,11,18,21,25H,2-3,10,12-14H2,1H3. The minimum absolute atomic E-state index is 0.150. The summed E-state index contributed by atoms with van der Waals surface area (Å²) in [6, 6.07) is 11.4. The number of amides is 3. The summed E-state index contributed by atoms with van der Waals surface area (Å²) in [5, 5.41) is 3.31. The highest BCUT2D eigenvalue weighted by Crippen LogP contribution is 2.34. The molecule has 33 heavy (non-hydrogen) atoms. The fourth-order valence-electron chi connectivity index (χ4n) is 4.63. The van der Waals surface area contributed by atoms with Gasteiger partial charge in [0.15, 0.2) is 11.5 Å². The van der Waals surface area contributed by atoms with Crippen LogP contribution in [0.25, 0.3) is 0 Å². The molecule has 0 aliphatic carbocycles. The first-order valence-corrected chi connectivity index (χ1v) is 11.0. The number of piperidine rings is 1. The molecule has 0 aromatic heterocycles. The normalized spacial score (nSPS) is 21.7. The van der Waals surface area contributed by atoms with Crippen molar-refractivity contribution in [3.63, 3.8) is 0 Å². The largest absolute Gasteiger partial charge is 0.465 e. The van der Waals surface area contributed by atoms with Gasteiger partial charge in [0.05, 0.1) is 25.3 Å². The van der Waals surface area contributed by atoms with E-state index in [2.05, 4.69) is 5.32 Å². The SMILES string of the molecule is COC(=O)c1ccc(CN2C(=O)N(Cc3ccc4c(c3)OCO4)C(=O)C3NCCCC32)cc1. The summed E-state index contributed by atoms with van der Waals surface area (Å²) in [4.78, 5) is 41.6. The molecule has 2 unspecified atom stereocenters. The first-order valence-electron chi connectivity index (χ1n) is 11.0. The lowest BCUT2D eigenvalue weighted by Crippen LogP contribution is -2.68. The Labute approximate surface area is 191 Å². The molecule has 3 heterocycles. The molecule has 2 aromatic carbocycles. The van der Waals surface area contributed by atoms with E-state index >= 15 is 0 Å². The van der Waals surface area contributed by atoms with Crippen molar-refractivity contribution in [2.24, 2.45) is 0 Å². The topological polar surface area (TPSA) is 97.4 Å². The van der Waals surface area contributed by atoms with Crippen molar-refractivity contribution in [1.29, 1.82) is 0 Å². The number of ether oxygens (including phenoxy) is 3. The molecule has 9 heteroatoms. The highest BCUT2D eigenvalue weighted by molar-refractivity contribution is 6.00. The van der Waals surface area contributed by atoms with Crippen LogP contribution in [0.3, 0.4) is 0 Å². The number of hydrogen-bond acceptors (Lipinski definition) is 7. The van der Waals surface area contributed by atoms with E-state index in [-0.39, 0.29) is 31.3 Å². The van der Waals surface area contributed by atoms with Gasteiger partial charge >= 0.3 is 12.0 Å². The summed E-state index contributed by atoms with van der Waals surface area (Å²) in [6.07, 6.45) is 1.65. The van der Waals surface area contributed by atoms with Crippen molar-refractivity contribution >= 4 is 17.9 Å². The maximum atomic E-state index is 13.5. The van der Waals surface area contributed by atoms with E-state index in [1.807, 2.05) is 18.2 Å². The van der Waals surface area contributed by atoms with E-state index in [9.17, 15) is 14.4 Å². The highest BCUT2D eigenvalue weighted by Gasteiger charge is 2.47. The quantitative estimate of drug-likeness (QED) is 0.697. The van der Waals surface area contributed by atoms with Crippen molar-refractivity contribution in [1.82, 2.24) is 15.1 Å². The van der Waals surface area contributed by atoms with Crippen LogP contribution in [0.4, 0.5) is 4.79 Å². The highest BCUT2D eigenvalue weighted by atomic mass is 16.7. The number of rotatable bonds is 5. The zero-order valence-corrected chi connectivity index (χ0v) is 18.3. The van der Waals surface area contributed by atoms with Crippen LogP contribution >= 0.6 is 0 Å². The number of fused-ring (bicyclic) bond motifs is 2. The summed E-state index contributed by atoms with van der Waals surface area (Å²) in [7, 11) is 1.34. The van der Waals surface area contributed by atoms with Gasteiger partial charge < -0.3 is 24.4 Å². The first kappa shape index (κ1) is 21.3. The van der Waals surface area contributed by atoms with Crippen molar-refractivity contribution in [3.8, 4) is 11.5 Å². The zero-order chi connectivity index (χ0) is 22.9. The predicted octanol–water partition coefficient (Wildman–Crippen LogP) is 2.29. The smallest absolute Gasteiger partial charge is 0.337 e. The molecule has 0 saturated carbocycles. The molecule has 0 bridgehead atoms. The lowest BCUT2D eigenvalue weighted by molar-refractivity contribution is -0.137. The van der Waals surface area contributed by atoms with Crippen molar-refractivity contribution in [2.75, 3.05) is 20.4 Å². The maximum Gasteiger partial charge on any atom is 0.337 e. The van der Waals surface area contributed by atoms with Gasteiger partial charge in [-0.25, -0.2) is 9.59 Å². The summed E-state index contributed by atoms with van der Waals surface area (Å²) < 4.78 is 15.5. The van der Waals surface area contributed by atoms with Crippen LogP contribution < -0.4 is 14.8 Å². The van der Waals surface area contributed by atoms with E-state index in [0.717, 1.165) is 30.5 Å². The molecule has 172 valence electrons. The van der Waals surface area contributed by atoms with Crippen molar-refractivity contribution in [3.05, 3.63) is 59.2 Å². The van der Waals surface area contributed by atoms with Crippen LogP contribution in [-0.4, -0.2) is 60.2 Å². The van der Waals surface area contributed by atoms with Crippen LogP contribution in [0.15, 0.2) is 42.5 Å². The Balaban J connectivity index is 1.39. The van der Waals surface area contributed by atoms with Gasteiger partial charge in [0.25, 0.3) is 0 Å². The third-order valence-corrected chi connectivity index (χ3v) is 6.34. The molecule has 2 fully saturated rings. The molecule has 9 nitrogen and oxygen atoms in total. The third-order valence-electron chi connectivity index (χ3n) is 6.34. The van der Waals surface area contributed by atoms with E-state index in [4.69, 9.17) is 14.2 Å². The summed E-state index contributed by atoms with van der Waals surface area (Å²) in [5.41, 5.74) is 2.11. The summed E-state index contributed by atoms with van der Waals surface area (Å²) >= 11 is 0. The Morgan fingerprint density at radius 3 is 2.61 bits per heavy atom. The fourth-order valence-corrected chi connectivity index (χ4v) is 4.63. The number of benzene rings is 2. The molecule has 0 spiro atoms. The van der Waals surface area contributed by atoms with Gasteiger partial charge in [0.2, 0.25) is 12.7 Å². The van der Waals surface area contributed by atoms with Gasteiger partial charge in [-0.1, -0.05) is 18.2 Å². The second-order valence-electron chi connectivity index (χ2n) is 8.35. The molecule has 5 rings (SSSR count). The number of hydrogen-bond donors (Lipinski definition) is 1. The van der Waals surface area contributed by atoms with Gasteiger partial charge in [-0.15, -0.1) is 0 Å². The molecule has 1 N–H and O–H groups in total. The lowest BCUT2D eigenvalue weighted by Gasteiger charge is -2.47. The van der Waals surface area contributed by atoms with Gasteiger partial charge in [-0.3, -0.25) is 9.69 Å². The monoisotopic (exact) mass is 451 g/mol. The van der Waals surface area contributed by atoms with Crippen LogP contribution in [-0.2, 0) is 22.6 Å².